The van der Waals surface area contributed by atoms with Gasteiger partial charge in [0.2, 0.25) is 5.91 Å². The summed E-state index contributed by atoms with van der Waals surface area (Å²) in [6, 6.07) is 5.89. The first-order chi connectivity index (χ1) is 20.1. The van der Waals surface area contributed by atoms with Gasteiger partial charge in [0.1, 0.15) is 6.10 Å². The van der Waals surface area contributed by atoms with Crippen molar-refractivity contribution < 1.29 is 24.5 Å². The number of pyridine rings is 1. The summed E-state index contributed by atoms with van der Waals surface area (Å²) in [5.41, 5.74) is 1.22. The number of amides is 1. The van der Waals surface area contributed by atoms with Gasteiger partial charge in [0.05, 0.1) is 30.3 Å². The van der Waals surface area contributed by atoms with E-state index in [2.05, 4.69) is 30.2 Å². The molecule has 42 heavy (non-hydrogen) atoms. The Hall–Kier alpha value is -3.02. The molecule has 0 bridgehead atoms. The Labute approximate surface area is 251 Å². The third-order valence-electron chi connectivity index (χ3n) is 9.01. The van der Waals surface area contributed by atoms with Crippen LogP contribution in [0.3, 0.4) is 0 Å². The van der Waals surface area contributed by atoms with Crippen LogP contribution in [0.25, 0.3) is 0 Å². The Balaban J connectivity index is 1.81. The van der Waals surface area contributed by atoms with Crippen LogP contribution in [0.4, 0.5) is 0 Å². The van der Waals surface area contributed by atoms with Gasteiger partial charge in [-0.1, -0.05) is 52.3 Å². The molecule has 1 aromatic heterocycles. The minimum atomic E-state index is -0.867. The second kappa shape index (κ2) is 16.6. The summed E-state index contributed by atoms with van der Waals surface area (Å²) >= 11 is 0. The van der Waals surface area contributed by atoms with Gasteiger partial charge >= 0.3 is 5.97 Å². The number of rotatable bonds is 4. The highest BCUT2D eigenvalue weighted by Gasteiger charge is 2.39. The van der Waals surface area contributed by atoms with Gasteiger partial charge in [0.25, 0.3) is 0 Å². The average molecular weight is 580 g/mol. The zero-order valence-corrected chi connectivity index (χ0v) is 25.6. The number of hydrogen-bond donors (Lipinski definition) is 3. The lowest BCUT2D eigenvalue weighted by molar-refractivity contribution is -0.156. The van der Waals surface area contributed by atoms with Crippen molar-refractivity contribution in [2.45, 2.75) is 104 Å². The molecule has 1 aromatic rings. The Bertz CT molecular complexity index is 1110. The monoisotopic (exact) mass is 579 g/mol. The van der Waals surface area contributed by atoms with Crippen molar-refractivity contribution in [2.75, 3.05) is 0 Å². The minimum absolute atomic E-state index is 0.0681. The normalized spacial score (nSPS) is 35.9. The zero-order valence-electron chi connectivity index (χ0n) is 25.6. The SMILES string of the molecule is CC1CC(C)CC(C)C(O)/C(C#N)=C/C=C/CC(C2CCCC2C(=O)NCc2cccnc2)OC(=O)CC(O)C(C)C1. The van der Waals surface area contributed by atoms with Crippen LogP contribution in [-0.4, -0.2) is 45.4 Å². The van der Waals surface area contributed by atoms with Gasteiger partial charge in [-0.2, -0.15) is 5.26 Å². The molecule has 2 heterocycles. The summed E-state index contributed by atoms with van der Waals surface area (Å²) in [5.74, 6) is -0.484. The third-order valence-corrected chi connectivity index (χ3v) is 9.01. The topological polar surface area (TPSA) is 133 Å². The summed E-state index contributed by atoms with van der Waals surface area (Å²) in [6.07, 6.45) is 11.5. The molecule has 1 aliphatic heterocycles. The van der Waals surface area contributed by atoms with Gasteiger partial charge in [-0.3, -0.25) is 14.6 Å². The van der Waals surface area contributed by atoms with Gasteiger partial charge in [0.15, 0.2) is 0 Å². The molecule has 230 valence electrons. The number of ether oxygens (including phenoxy) is 1. The van der Waals surface area contributed by atoms with Crippen molar-refractivity contribution >= 4 is 11.9 Å². The molecule has 9 unspecified atom stereocenters. The van der Waals surface area contributed by atoms with E-state index < -0.39 is 24.3 Å². The van der Waals surface area contributed by atoms with E-state index in [9.17, 15) is 25.1 Å². The summed E-state index contributed by atoms with van der Waals surface area (Å²) in [6.45, 7) is 8.62. The molecule has 1 aliphatic carbocycles. The Morgan fingerprint density at radius 2 is 1.86 bits per heavy atom. The van der Waals surface area contributed by atoms with Crippen molar-refractivity contribution in [3.8, 4) is 6.07 Å². The van der Waals surface area contributed by atoms with Crippen molar-refractivity contribution in [1.82, 2.24) is 10.3 Å². The number of carbonyl (C=O) groups excluding carboxylic acids is 2. The molecule has 0 spiro atoms. The maximum absolute atomic E-state index is 13.2. The highest BCUT2D eigenvalue weighted by atomic mass is 16.5. The fourth-order valence-corrected chi connectivity index (χ4v) is 6.81. The Kier molecular flexibility index (Phi) is 13.2. The van der Waals surface area contributed by atoms with Gasteiger partial charge < -0.3 is 20.3 Å². The molecule has 8 heteroatoms. The number of nitrogens with one attached hydrogen (secondary N) is 1. The number of aliphatic hydroxyl groups is 2. The van der Waals surface area contributed by atoms with Crippen molar-refractivity contribution in [3.63, 3.8) is 0 Å². The molecule has 3 N–H and O–H groups in total. The fourth-order valence-electron chi connectivity index (χ4n) is 6.81. The number of allylic oxidation sites excluding steroid dienone is 2. The van der Waals surface area contributed by atoms with E-state index in [0.29, 0.717) is 36.8 Å². The summed E-state index contributed by atoms with van der Waals surface area (Å²) in [5, 5.41) is 34.5. The van der Waals surface area contributed by atoms with E-state index in [-0.39, 0.29) is 36.0 Å². The van der Waals surface area contributed by atoms with E-state index in [4.69, 9.17) is 4.74 Å². The van der Waals surface area contributed by atoms with Crippen molar-refractivity contribution in [2.24, 2.45) is 35.5 Å². The number of hydrogen-bond acceptors (Lipinski definition) is 7. The van der Waals surface area contributed by atoms with Crippen LogP contribution in [0.2, 0.25) is 0 Å². The van der Waals surface area contributed by atoms with Gasteiger partial charge in [-0.15, -0.1) is 0 Å². The van der Waals surface area contributed by atoms with E-state index >= 15 is 0 Å². The first-order valence-electron chi connectivity index (χ1n) is 15.6. The van der Waals surface area contributed by atoms with Gasteiger partial charge in [0, 0.05) is 37.2 Å². The third kappa shape index (κ3) is 10.1. The molecule has 9 atom stereocenters. The highest BCUT2D eigenvalue weighted by molar-refractivity contribution is 5.79. The first-order valence-corrected chi connectivity index (χ1v) is 15.6. The van der Waals surface area contributed by atoms with Crippen LogP contribution in [0.1, 0.15) is 84.6 Å². The molecular weight excluding hydrogens is 530 g/mol. The Morgan fingerprint density at radius 3 is 2.55 bits per heavy atom. The van der Waals surface area contributed by atoms with Crippen LogP contribution in [0.15, 0.2) is 48.3 Å². The molecule has 0 radical (unpaired) electrons. The first kappa shape index (κ1) is 33.5. The second-order valence-corrected chi connectivity index (χ2v) is 12.8. The highest BCUT2D eigenvalue weighted by Crippen LogP contribution is 2.37. The fraction of sp³-hybridized carbons (Fsp3) is 0.647. The molecule has 3 rings (SSSR count). The quantitative estimate of drug-likeness (QED) is 0.414. The molecular formula is C34H49N3O5. The summed E-state index contributed by atoms with van der Waals surface area (Å²) < 4.78 is 6.00. The number of aliphatic hydroxyl groups excluding tert-OH is 2. The predicted octanol–water partition coefficient (Wildman–Crippen LogP) is 5.26. The lowest BCUT2D eigenvalue weighted by Gasteiger charge is -2.29. The average Bonchev–Trinajstić information content (AvgIpc) is 3.45. The van der Waals surface area contributed by atoms with Gasteiger partial charge in [-0.05, 0) is 73.5 Å². The maximum atomic E-state index is 13.2. The van der Waals surface area contributed by atoms with Crippen LogP contribution >= 0.6 is 0 Å². The second-order valence-electron chi connectivity index (χ2n) is 12.8. The number of cyclic esters (lactones) is 1. The molecule has 2 aliphatic rings. The zero-order chi connectivity index (χ0) is 30.6. The number of nitrogens with zero attached hydrogens (tertiary/aromatic N) is 2. The van der Waals surface area contributed by atoms with Crippen LogP contribution in [-0.2, 0) is 20.9 Å². The molecule has 8 nitrogen and oxygen atoms in total. The minimum Gasteiger partial charge on any atom is -0.462 e. The molecule has 1 amide bonds. The lowest BCUT2D eigenvalue weighted by Crippen LogP contribution is -2.38. The largest absolute Gasteiger partial charge is 0.462 e. The van der Waals surface area contributed by atoms with Crippen molar-refractivity contribution in [3.05, 3.63) is 53.9 Å². The Morgan fingerprint density at radius 1 is 1.12 bits per heavy atom. The number of carbonyl (C=O) groups is 2. The van der Waals surface area contributed by atoms with Crippen LogP contribution < -0.4 is 5.32 Å². The smallest absolute Gasteiger partial charge is 0.308 e. The van der Waals surface area contributed by atoms with Crippen LogP contribution in [0.5, 0.6) is 0 Å². The predicted molar refractivity (Wildman–Crippen MR) is 161 cm³/mol. The van der Waals surface area contributed by atoms with E-state index in [1.165, 1.54) is 0 Å². The van der Waals surface area contributed by atoms with E-state index in [0.717, 1.165) is 37.7 Å². The standard InChI is InChI=1S/C34H49N3O5/c1-22-15-23(2)17-25(4)33(40)27(19-35)10-5-6-13-31(42-32(39)18-30(38)24(3)16-22)28-11-7-12-29(28)34(41)37-21-26-9-8-14-36-20-26/h5-6,8-10,14,20,22-25,28-31,33,38,40H,7,11-13,15-18,21H2,1-4H3,(H,37,41)/b6-5+,27-10+. The van der Waals surface area contributed by atoms with Crippen LogP contribution in [0, 0.1) is 46.8 Å². The molecule has 0 aromatic carbocycles. The number of esters is 1. The molecule has 0 saturated heterocycles. The summed E-state index contributed by atoms with van der Waals surface area (Å²) in [7, 11) is 0. The maximum Gasteiger partial charge on any atom is 0.308 e. The van der Waals surface area contributed by atoms with E-state index in [1.54, 1.807) is 24.5 Å². The summed E-state index contributed by atoms with van der Waals surface area (Å²) in [4.78, 5) is 30.4. The van der Waals surface area contributed by atoms with E-state index in [1.807, 2.05) is 32.1 Å². The van der Waals surface area contributed by atoms with Gasteiger partial charge in [-0.25, -0.2) is 0 Å². The number of aromatic nitrogens is 1. The molecule has 1 fully saturated rings. The lowest BCUT2D eigenvalue weighted by atomic mass is 9.82. The molecule has 1 saturated carbocycles. The van der Waals surface area contributed by atoms with Crippen molar-refractivity contribution in [1.29, 1.82) is 5.26 Å². The number of nitriles is 1.